The zero-order valence-corrected chi connectivity index (χ0v) is 20.0. The first-order chi connectivity index (χ1) is 15.1. The summed E-state index contributed by atoms with van der Waals surface area (Å²) >= 11 is 0. The minimum atomic E-state index is -0.323. The van der Waals surface area contributed by atoms with Crippen LogP contribution in [0.25, 0.3) is 0 Å². The van der Waals surface area contributed by atoms with Crippen LogP contribution in [0.5, 0.6) is 0 Å². The minimum absolute atomic E-state index is 0.281. The molecule has 0 heterocycles. The van der Waals surface area contributed by atoms with Crippen LogP contribution in [0.15, 0.2) is 12.1 Å². The van der Waals surface area contributed by atoms with E-state index in [0.29, 0.717) is 12.3 Å². The first kappa shape index (κ1) is 23.2. The van der Waals surface area contributed by atoms with Crippen molar-refractivity contribution in [1.29, 1.82) is 0 Å². The first-order valence-electron chi connectivity index (χ1n) is 13.5. The molecule has 0 radical (unpaired) electrons. The van der Waals surface area contributed by atoms with Crippen molar-refractivity contribution in [2.45, 2.75) is 116 Å². The monoisotopic (exact) mass is 430 g/mol. The van der Waals surface area contributed by atoms with Crippen molar-refractivity contribution in [3.05, 3.63) is 34.9 Å². The van der Waals surface area contributed by atoms with Gasteiger partial charge in [-0.25, -0.2) is 8.78 Å². The van der Waals surface area contributed by atoms with Gasteiger partial charge >= 0.3 is 0 Å². The van der Waals surface area contributed by atoms with E-state index in [4.69, 9.17) is 0 Å². The van der Waals surface area contributed by atoms with E-state index in [1.807, 2.05) is 6.92 Å². The fraction of sp³-hybridized carbons (Fsp3) is 0.793. The Morgan fingerprint density at radius 2 is 1.29 bits per heavy atom. The van der Waals surface area contributed by atoms with Gasteiger partial charge in [0.15, 0.2) is 0 Å². The quantitative estimate of drug-likeness (QED) is 0.404. The normalized spacial score (nSPS) is 33.8. The fourth-order valence-electron chi connectivity index (χ4n) is 7.30. The van der Waals surface area contributed by atoms with Gasteiger partial charge in [-0.2, -0.15) is 0 Å². The van der Waals surface area contributed by atoms with Crippen LogP contribution in [0.4, 0.5) is 8.78 Å². The second-order valence-electron chi connectivity index (χ2n) is 11.3. The summed E-state index contributed by atoms with van der Waals surface area (Å²) in [6.07, 6.45) is 19.1. The van der Waals surface area contributed by atoms with E-state index in [-0.39, 0.29) is 17.2 Å². The largest absolute Gasteiger partial charge is 0.207 e. The van der Waals surface area contributed by atoms with Crippen LogP contribution in [-0.4, -0.2) is 0 Å². The van der Waals surface area contributed by atoms with Crippen LogP contribution in [-0.2, 0) is 6.42 Å². The summed E-state index contributed by atoms with van der Waals surface area (Å²) in [7, 11) is 0. The molecule has 1 aromatic rings. The van der Waals surface area contributed by atoms with E-state index in [2.05, 4.69) is 6.92 Å². The summed E-state index contributed by atoms with van der Waals surface area (Å²) in [4.78, 5) is 0. The number of rotatable bonds is 7. The molecule has 3 aliphatic rings. The van der Waals surface area contributed by atoms with Gasteiger partial charge in [0.2, 0.25) is 0 Å². The standard InChI is InChI=1S/C29H44F2/c1-3-5-27-28(30)18-26(19-29(27)31)25-15-14-23-16-22(12-13-24(23)17-25)11-10-21-8-6-20(4-2)7-9-21/h18-25H,3-17H2,1-2H3. The number of hydrogen-bond donors (Lipinski definition) is 0. The lowest BCUT2D eigenvalue weighted by atomic mass is 9.63. The molecule has 3 aliphatic carbocycles. The highest BCUT2D eigenvalue weighted by atomic mass is 19.1. The van der Waals surface area contributed by atoms with Crippen molar-refractivity contribution in [2.24, 2.45) is 29.6 Å². The third-order valence-corrected chi connectivity index (χ3v) is 9.38. The Morgan fingerprint density at radius 1 is 0.710 bits per heavy atom. The lowest BCUT2D eigenvalue weighted by Gasteiger charge is -2.43. The summed E-state index contributed by atoms with van der Waals surface area (Å²) in [6, 6.07) is 3.30. The molecule has 0 bridgehead atoms. The molecule has 3 fully saturated rings. The highest BCUT2D eigenvalue weighted by molar-refractivity contribution is 5.29. The Kier molecular flexibility index (Phi) is 8.10. The maximum atomic E-state index is 14.5. The molecule has 174 valence electrons. The molecule has 3 saturated carbocycles. The number of hydrogen-bond acceptors (Lipinski definition) is 0. The fourth-order valence-corrected chi connectivity index (χ4v) is 7.30. The lowest BCUT2D eigenvalue weighted by molar-refractivity contribution is 0.108. The van der Waals surface area contributed by atoms with Crippen molar-refractivity contribution in [1.82, 2.24) is 0 Å². The van der Waals surface area contributed by atoms with Gasteiger partial charge in [0.05, 0.1) is 0 Å². The van der Waals surface area contributed by atoms with Gasteiger partial charge in [-0.1, -0.05) is 71.6 Å². The Hall–Kier alpha value is -0.920. The summed E-state index contributed by atoms with van der Waals surface area (Å²) in [5, 5.41) is 0. The molecule has 2 heteroatoms. The smallest absolute Gasteiger partial charge is 0.129 e. The molecule has 1 aromatic carbocycles. The highest BCUT2D eigenvalue weighted by Gasteiger charge is 2.36. The van der Waals surface area contributed by atoms with Gasteiger partial charge in [0, 0.05) is 5.56 Å². The van der Waals surface area contributed by atoms with Gasteiger partial charge in [0.25, 0.3) is 0 Å². The minimum Gasteiger partial charge on any atom is -0.207 e. The second kappa shape index (κ2) is 10.8. The third kappa shape index (κ3) is 5.72. The average molecular weight is 431 g/mol. The van der Waals surface area contributed by atoms with Crippen LogP contribution >= 0.6 is 0 Å². The van der Waals surface area contributed by atoms with Crippen LogP contribution < -0.4 is 0 Å². The van der Waals surface area contributed by atoms with E-state index in [9.17, 15) is 8.78 Å². The van der Waals surface area contributed by atoms with E-state index < -0.39 is 0 Å². The maximum absolute atomic E-state index is 14.5. The molecule has 0 aromatic heterocycles. The molecule has 0 nitrogen and oxygen atoms in total. The Morgan fingerprint density at radius 3 is 1.97 bits per heavy atom. The van der Waals surface area contributed by atoms with Crippen molar-refractivity contribution in [2.75, 3.05) is 0 Å². The molecular weight excluding hydrogens is 386 g/mol. The third-order valence-electron chi connectivity index (χ3n) is 9.38. The van der Waals surface area contributed by atoms with Gasteiger partial charge in [-0.05, 0) is 91.7 Å². The summed E-state index contributed by atoms with van der Waals surface area (Å²) in [5.74, 6) is 4.28. The lowest BCUT2D eigenvalue weighted by Crippen LogP contribution is -2.31. The topological polar surface area (TPSA) is 0 Å². The zero-order valence-electron chi connectivity index (χ0n) is 20.0. The number of benzene rings is 1. The molecule has 4 rings (SSSR count). The zero-order chi connectivity index (χ0) is 21.8. The van der Waals surface area contributed by atoms with E-state index in [0.717, 1.165) is 54.4 Å². The molecule has 0 aliphatic heterocycles. The first-order valence-corrected chi connectivity index (χ1v) is 13.5. The Labute approximate surface area is 189 Å². The van der Waals surface area contributed by atoms with Crippen LogP contribution in [0.1, 0.15) is 121 Å². The molecule has 0 saturated heterocycles. The Bertz CT molecular complexity index is 680. The van der Waals surface area contributed by atoms with Crippen LogP contribution in [0, 0.1) is 41.2 Å². The van der Waals surface area contributed by atoms with Crippen molar-refractivity contribution in [3.8, 4) is 0 Å². The second-order valence-corrected chi connectivity index (χ2v) is 11.3. The summed E-state index contributed by atoms with van der Waals surface area (Å²) < 4.78 is 29.0. The van der Waals surface area contributed by atoms with Gasteiger partial charge in [0.1, 0.15) is 11.6 Å². The van der Waals surface area contributed by atoms with Crippen LogP contribution in [0.2, 0.25) is 0 Å². The van der Waals surface area contributed by atoms with E-state index in [1.165, 1.54) is 70.6 Å². The number of halogens is 2. The molecule has 31 heavy (non-hydrogen) atoms. The molecule has 0 N–H and O–H groups in total. The van der Waals surface area contributed by atoms with E-state index >= 15 is 0 Å². The summed E-state index contributed by atoms with van der Waals surface area (Å²) in [6.45, 7) is 4.33. The Balaban J connectivity index is 1.26. The van der Waals surface area contributed by atoms with Crippen molar-refractivity contribution < 1.29 is 8.78 Å². The highest BCUT2D eigenvalue weighted by Crippen LogP contribution is 2.49. The SMILES string of the molecule is CCCc1c(F)cc(C2CCC3CC(CCC4CCC(CC)CC4)CCC3C2)cc1F. The predicted molar refractivity (Wildman–Crippen MR) is 126 cm³/mol. The van der Waals surface area contributed by atoms with Gasteiger partial charge in [-0.15, -0.1) is 0 Å². The van der Waals surface area contributed by atoms with Gasteiger partial charge < -0.3 is 0 Å². The number of fused-ring (bicyclic) bond motifs is 1. The van der Waals surface area contributed by atoms with Crippen molar-refractivity contribution in [3.63, 3.8) is 0 Å². The predicted octanol–water partition coefficient (Wildman–Crippen LogP) is 9.21. The van der Waals surface area contributed by atoms with Crippen LogP contribution in [0.3, 0.4) is 0 Å². The average Bonchev–Trinajstić information content (AvgIpc) is 2.79. The van der Waals surface area contributed by atoms with Gasteiger partial charge in [-0.3, -0.25) is 0 Å². The molecule has 0 amide bonds. The molecule has 0 spiro atoms. The molecule has 4 unspecified atom stereocenters. The summed E-state index contributed by atoms with van der Waals surface area (Å²) in [5.41, 5.74) is 1.20. The molecule has 4 atom stereocenters. The van der Waals surface area contributed by atoms with Crippen molar-refractivity contribution >= 4 is 0 Å². The molecular formula is C29H44F2. The maximum Gasteiger partial charge on any atom is 0.129 e. The van der Waals surface area contributed by atoms with E-state index in [1.54, 1.807) is 12.1 Å².